The largest absolute Gasteiger partial charge is 0.416 e. The second kappa shape index (κ2) is 8.50. The summed E-state index contributed by atoms with van der Waals surface area (Å²) in [6, 6.07) is 12.0. The van der Waals surface area contributed by atoms with Crippen LogP contribution in [0.25, 0.3) is 0 Å². The third kappa shape index (κ3) is 4.83. The molecule has 0 aromatic heterocycles. The Balaban J connectivity index is 1.92. The monoisotopic (exact) mass is 418 g/mol. The van der Waals surface area contributed by atoms with Crippen molar-refractivity contribution in [3.63, 3.8) is 0 Å². The first-order chi connectivity index (χ1) is 14.1. The quantitative estimate of drug-likeness (QED) is 0.801. The topological polar surface area (TPSA) is 49.4 Å². The van der Waals surface area contributed by atoms with E-state index in [4.69, 9.17) is 0 Å². The molecule has 1 aliphatic heterocycles. The van der Waals surface area contributed by atoms with E-state index in [1.807, 2.05) is 32.9 Å². The molecule has 1 aliphatic rings. The van der Waals surface area contributed by atoms with Crippen LogP contribution in [0.2, 0.25) is 0 Å². The summed E-state index contributed by atoms with van der Waals surface area (Å²) < 4.78 is 39.6. The Hall–Kier alpha value is -2.83. The molecule has 1 N–H and O–H groups in total. The molecule has 2 amide bonds. The molecular weight excluding hydrogens is 393 g/mol. The summed E-state index contributed by atoms with van der Waals surface area (Å²) in [7, 11) is 0. The molecule has 3 rings (SSSR count). The third-order valence-corrected chi connectivity index (χ3v) is 5.32. The molecule has 2 aromatic rings. The first-order valence-corrected chi connectivity index (χ1v) is 9.89. The molecule has 2 aromatic carbocycles. The molecule has 0 unspecified atom stereocenters. The van der Waals surface area contributed by atoms with E-state index in [2.05, 4.69) is 5.32 Å². The number of amides is 2. The standard InChI is InChI=1S/C23H25F3N2O2/c1-14(2)27-21(29)20-13-28(22(30)16-9-7-15(3)8-10-16)12-19(20)17-5-4-6-18(11-17)23(24,25)26/h4-11,14,19-20H,12-13H2,1-3H3,(H,27,29)/t19-,20-/m1/s1. The van der Waals surface area contributed by atoms with E-state index in [0.717, 1.165) is 17.7 Å². The fourth-order valence-electron chi connectivity index (χ4n) is 3.79. The van der Waals surface area contributed by atoms with Gasteiger partial charge in [0.2, 0.25) is 5.91 Å². The molecule has 0 bridgehead atoms. The Morgan fingerprint density at radius 2 is 1.73 bits per heavy atom. The molecule has 1 fully saturated rings. The van der Waals surface area contributed by atoms with E-state index in [1.54, 1.807) is 23.1 Å². The second-order valence-corrected chi connectivity index (χ2v) is 8.08. The minimum Gasteiger partial charge on any atom is -0.354 e. The predicted molar refractivity (Wildman–Crippen MR) is 108 cm³/mol. The highest BCUT2D eigenvalue weighted by Gasteiger charge is 2.41. The van der Waals surface area contributed by atoms with Crippen LogP contribution < -0.4 is 5.32 Å². The first kappa shape index (κ1) is 21.9. The minimum atomic E-state index is -4.47. The highest BCUT2D eigenvalue weighted by molar-refractivity contribution is 5.95. The van der Waals surface area contributed by atoms with Gasteiger partial charge < -0.3 is 10.2 Å². The van der Waals surface area contributed by atoms with Crippen LogP contribution in [0.3, 0.4) is 0 Å². The number of nitrogens with zero attached hydrogens (tertiary/aromatic N) is 1. The van der Waals surface area contributed by atoms with Gasteiger partial charge in [0.25, 0.3) is 5.91 Å². The van der Waals surface area contributed by atoms with Crippen LogP contribution in [0.5, 0.6) is 0 Å². The number of carbonyl (C=O) groups excluding carboxylic acids is 2. The lowest BCUT2D eigenvalue weighted by atomic mass is 9.87. The maximum atomic E-state index is 13.2. The summed E-state index contributed by atoms with van der Waals surface area (Å²) in [5.41, 5.74) is 1.16. The number of rotatable bonds is 4. The fraction of sp³-hybridized carbons (Fsp3) is 0.391. The summed E-state index contributed by atoms with van der Waals surface area (Å²) in [5, 5.41) is 2.84. The molecule has 30 heavy (non-hydrogen) atoms. The van der Waals surface area contributed by atoms with Crippen LogP contribution >= 0.6 is 0 Å². The zero-order chi connectivity index (χ0) is 22.1. The highest BCUT2D eigenvalue weighted by atomic mass is 19.4. The van der Waals surface area contributed by atoms with Crippen molar-refractivity contribution in [3.8, 4) is 0 Å². The van der Waals surface area contributed by atoms with E-state index in [1.165, 1.54) is 6.07 Å². The summed E-state index contributed by atoms with van der Waals surface area (Å²) >= 11 is 0. The Morgan fingerprint density at radius 1 is 1.07 bits per heavy atom. The van der Waals surface area contributed by atoms with Gasteiger partial charge in [-0.05, 0) is 44.5 Å². The van der Waals surface area contributed by atoms with Gasteiger partial charge >= 0.3 is 6.18 Å². The zero-order valence-corrected chi connectivity index (χ0v) is 17.2. The van der Waals surface area contributed by atoms with Crippen molar-refractivity contribution >= 4 is 11.8 Å². The zero-order valence-electron chi connectivity index (χ0n) is 17.2. The fourth-order valence-corrected chi connectivity index (χ4v) is 3.79. The maximum absolute atomic E-state index is 13.2. The van der Waals surface area contributed by atoms with E-state index in [9.17, 15) is 22.8 Å². The van der Waals surface area contributed by atoms with Gasteiger partial charge in [-0.3, -0.25) is 9.59 Å². The second-order valence-electron chi connectivity index (χ2n) is 8.08. The molecule has 0 spiro atoms. The van der Waals surface area contributed by atoms with Gasteiger partial charge in [0.1, 0.15) is 0 Å². The minimum absolute atomic E-state index is 0.110. The Morgan fingerprint density at radius 3 is 2.33 bits per heavy atom. The van der Waals surface area contributed by atoms with Crippen molar-refractivity contribution in [1.29, 1.82) is 0 Å². The molecule has 0 saturated carbocycles. The molecule has 1 heterocycles. The maximum Gasteiger partial charge on any atom is 0.416 e. The van der Waals surface area contributed by atoms with Crippen molar-refractivity contribution in [2.24, 2.45) is 5.92 Å². The Bertz CT molecular complexity index is 923. The molecule has 1 saturated heterocycles. The van der Waals surface area contributed by atoms with Gasteiger partial charge in [-0.15, -0.1) is 0 Å². The summed E-state index contributed by atoms with van der Waals surface area (Å²) in [6.07, 6.45) is -4.47. The normalized spacial score (nSPS) is 19.2. The average molecular weight is 418 g/mol. The number of halogens is 3. The number of nitrogens with one attached hydrogen (secondary N) is 1. The number of benzene rings is 2. The van der Waals surface area contributed by atoms with Gasteiger partial charge in [0.05, 0.1) is 11.5 Å². The predicted octanol–water partition coefficient (Wildman–Crippen LogP) is 4.39. The lowest BCUT2D eigenvalue weighted by Gasteiger charge is -2.20. The van der Waals surface area contributed by atoms with E-state index < -0.39 is 23.6 Å². The lowest BCUT2D eigenvalue weighted by molar-refractivity contribution is -0.137. The Labute approximate surface area is 174 Å². The van der Waals surface area contributed by atoms with Crippen molar-refractivity contribution < 1.29 is 22.8 Å². The van der Waals surface area contributed by atoms with Crippen LogP contribution in [-0.2, 0) is 11.0 Å². The van der Waals surface area contributed by atoms with Crippen LogP contribution in [-0.4, -0.2) is 35.8 Å². The molecule has 7 heteroatoms. The summed E-state index contributed by atoms with van der Waals surface area (Å²) in [5.74, 6) is -1.62. The third-order valence-electron chi connectivity index (χ3n) is 5.32. The number of likely N-dealkylation sites (tertiary alicyclic amines) is 1. The van der Waals surface area contributed by atoms with Crippen LogP contribution in [0.1, 0.15) is 46.8 Å². The first-order valence-electron chi connectivity index (χ1n) is 9.89. The van der Waals surface area contributed by atoms with Crippen LogP contribution in [0.15, 0.2) is 48.5 Å². The van der Waals surface area contributed by atoms with E-state index >= 15 is 0 Å². The van der Waals surface area contributed by atoms with Gasteiger partial charge in [0, 0.05) is 30.6 Å². The van der Waals surface area contributed by atoms with Crippen molar-refractivity contribution in [3.05, 3.63) is 70.8 Å². The SMILES string of the molecule is Cc1ccc(C(=O)N2C[C@H](c3cccc(C(F)(F)F)c3)[C@H](C(=O)NC(C)C)C2)cc1. The number of alkyl halides is 3. The Kier molecular flexibility index (Phi) is 6.19. The number of carbonyl (C=O) groups is 2. The number of aryl methyl sites for hydroxylation is 1. The highest BCUT2D eigenvalue weighted by Crippen LogP contribution is 2.37. The van der Waals surface area contributed by atoms with Crippen LogP contribution in [0.4, 0.5) is 13.2 Å². The summed E-state index contributed by atoms with van der Waals surface area (Å²) in [6.45, 7) is 5.90. The van der Waals surface area contributed by atoms with Crippen molar-refractivity contribution in [1.82, 2.24) is 10.2 Å². The summed E-state index contributed by atoms with van der Waals surface area (Å²) in [4.78, 5) is 27.3. The number of hydrogen-bond donors (Lipinski definition) is 1. The molecule has 0 radical (unpaired) electrons. The van der Waals surface area contributed by atoms with Gasteiger partial charge in [-0.1, -0.05) is 35.9 Å². The van der Waals surface area contributed by atoms with Gasteiger partial charge in [-0.25, -0.2) is 0 Å². The van der Waals surface area contributed by atoms with Crippen molar-refractivity contribution in [2.45, 2.75) is 38.9 Å². The van der Waals surface area contributed by atoms with E-state index in [0.29, 0.717) is 11.1 Å². The molecule has 4 nitrogen and oxygen atoms in total. The van der Waals surface area contributed by atoms with Gasteiger partial charge in [-0.2, -0.15) is 13.2 Å². The number of hydrogen-bond acceptors (Lipinski definition) is 2. The van der Waals surface area contributed by atoms with Crippen molar-refractivity contribution in [2.75, 3.05) is 13.1 Å². The lowest BCUT2D eigenvalue weighted by Crippen LogP contribution is -2.39. The van der Waals surface area contributed by atoms with Crippen LogP contribution in [0, 0.1) is 12.8 Å². The smallest absolute Gasteiger partial charge is 0.354 e. The molecule has 160 valence electrons. The van der Waals surface area contributed by atoms with Gasteiger partial charge in [0.15, 0.2) is 0 Å². The molecule has 0 aliphatic carbocycles. The van der Waals surface area contributed by atoms with E-state index in [-0.39, 0.29) is 30.9 Å². The average Bonchev–Trinajstić information content (AvgIpc) is 3.12. The molecule has 2 atom stereocenters. The molecular formula is C23H25F3N2O2.